The minimum atomic E-state index is -0.639. The van der Waals surface area contributed by atoms with E-state index in [1.165, 1.54) is 6.07 Å². The number of nitrogens with one attached hydrogen (secondary N) is 1. The Bertz CT molecular complexity index is 656. The second-order valence-electron chi connectivity index (χ2n) is 4.71. The molecule has 0 bridgehead atoms. The number of likely N-dealkylation sites (tertiary alicyclic amines) is 1. The third-order valence-electron chi connectivity index (χ3n) is 3.38. The number of hydrogen-bond donors (Lipinski definition) is 2. The van der Waals surface area contributed by atoms with Gasteiger partial charge in [-0.05, 0) is 6.42 Å². The van der Waals surface area contributed by atoms with Gasteiger partial charge in [-0.25, -0.2) is 0 Å². The normalized spacial score (nSPS) is 13.9. The number of primary amides is 1. The van der Waals surface area contributed by atoms with Crippen LogP contribution in [0.1, 0.15) is 22.5 Å². The molecule has 3 N–H and O–H groups in total. The Balaban J connectivity index is 1.81. The zero-order valence-corrected chi connectivity index (χ0v) is 10.8. The highest BCUT2D eigenvalue weighted by Crippen LogP contribution is 2.21. The van der Waals surface area contributed by atoms with Gasteiger partial charge in [0.15, 0.2) is 0 Å². The van der Waals surface area contributed by atoms with E-state index in [0.717, 1.165) is 30.6 Å². The van der Waals surface area contributed by atoms with Crippen molar-refractivity contribution in [2.45, 2.75) is 6.42 Å². The predicted molar refractivity (Wildman–Crippen MR) is 73.5 cm³/mol. The maximum atomic E-state index is 11.0. The van der Waals surface area contributed by atoms with Crippen LogP contribution in [0, 0.1) is 5.41 Å². The molecule has 102 valence electrons. The van der Waals surface area contributed by atoms with Crippen molar-refractivity contribution in [2.24, 2.45) is 5.73 Å². The van der Waals surface area contributed by atoms with Crippen LogP contribution in [0.15, 0.2) is 34.9 Å². The lowest BCUT2D eigenvalue weighted by molar-refractivity contribution is 0.0965. The average Bonchev–Trinajstić information content (AvgIpc) is 2.86. The Morgan fingerprint density at radius 1 is 1.30 bits per heavy atom. The molecule has 6 heteroatoms. The van der Waals surface area contributed by atoms with Crippen LogP contribution in [-0.4, -0.2) is 34.9 Å². The number of amidine groups is 1. The largest absolute Gasteiger partial charge is 0.363 e. The molecule has 1 aromatic carbocycles. The van der Waals surface area contributed by atoms with E-state index in [1.807, 2.05) is 29.2 Å². The highest BCUT2D eigenvalue weighted by atomic mass is 16.5. The van der Waals surface area contributed by atoms with Crippen LogP contribution >= 0.6 is 0 Å². The third kappa shape index (κ3) is 2.16. The van der Waals surface area contributed by atoms with Crippen molar-refractivity contribution in [1.82, 2.24) is 10.1 Å². The van der Waals surface area contributed by atoms with E-state index in [2.05, 4.69) is 5.16 Å². The predicted octanol–water partition coefficient (Wildman–Crippen LogP) is 1.47. The molecule has 1 saturated heterocycles. The Labute approximate surface area is 115 Å². The van der Waals surface area contributed by atoms with Crippen LogP contribution in [-0.2, 0) is 0 Å². The van der Waals surface area contributed by atoms with Crippen molar-refractivity contribution >= 4 is 11.7 Å². The van der Waals surface area contributed by atoms with Gasteiger partial charge in [-0.15, -0.1) is 0 Å². The number of carbonyl (C=O) groups excluding carboxylic acids is 1. The molecule has 0 aliphatic carbocycles. The van der Waals surface area contributed by atoms with Crippen molar-refractivity contribution in [2.75, 3.05) is 13.1 Å². The fraction of sp³-hybridized carbons (Fsp3) is 0.214. The molecule has 1 aliphatic heterocycles. The number of nitrogens with zero attached hydrogens (tertiary/aromatic N) is 2. The summed E-state index contributed by atoms with van der Waals surface area (Å²) < 4.78 is 4.85. The zero-order valence-electron chi connectivity index (χ0n) is 10.8. The summed E-state index contributed by atoms with van der Waals surface area (Å²) in [6.07, 6.45) is 1.15. The summed E-state index contributed by atoms with van der Waals surface area (Å²) in [5.41, 5.74) is 7.36. The van der Waals surface area contributed by atoms with Crippen LogP contribution in [0.2, 0.25) is 0 Å². The lowest BCUT2D eigenvalue weighted by Crippen LogP contribution is -2.42. The Kier molecular flexibility index (Phi) is 2.98. The number of amides is 1. The first-order chi connectivity index (χ1) is 9.65. The molecule has 1 fully saturated rings. The van der Waals surface area contributed by atoms with E-state index in [-0.39, 0.29) is 5.76 Å². The summed E-state index contributed by atoms with van der Waals surface area (Å²) in [7, 11) is 0. The smallest absolute Gasteiger partial charge is 0.287 e. The van der Waals surface area contributed by atoms with E-state index in [1.54, 1.807) is 0 Å². The Hall–Kier alpha value is -2.63. The maximum Gasteiger partial charge on any atom is 0.287 e. The van der Waals surface area contributed by atoms with E-state index >= 15 is 0 Å². The fourth-order valence-corrected chi connectivity index (χ4v) is 2.05. The monoisotopic (exact) mass is 270 g/mol. The molecule has 6 nitrogen and oxygen atoms in total. The van der Waals surface area contributed by atoms with Crippen LogP contribution in [0.3, 0.4) is 0 Å². The number of benzene rings is 1. The summed E-state index contributed by atoms with van der Waals surface area (Å²) in [5.74, 6) is -0.0573. The number of nitrogens with two attached hydrogens (primary N) is 1. The van der Waals surface area contributed by atoms with Crippen molar-refractivity contribution in [3.8, 4) is 11.3 Å². The van der Waals surface area contributed by atoms with Gasteiger partial charge in [-0.2, -0.15) is 0 Å². The zero-order chi connectivity index (χ0) is 14.1. The summed E-state index contributed by atoms with van der Waals surface area (Å²) >= 11 is 0. The molecule has 1 amide bonds. The van der Waals surface area contributed by atoms with Crippen molar-refractivity contribution in [3.05, 3.63) is 41.7 Å². The van der Waals surface area contributed by atoms with Crippen LogP contribution in [0.25, 0.3) is 11.3 Å². The Morgan fingerprint density at radius 3 is 2.50 bits per heavy atom. The van der Waals surface area contributed by atoms with Gasteiger partial charge >= 0.3 is 0 Å². The molecule has 0 spiro atoms. The van der Waals surface area contributed by atoms with E-state index in [0.29, 0.717) is 11.5 Å². The molecule has 0 saturated carbocycles. The highest BCUT2D eigenvalue weighted by Gasteiger charge is 2.18. The minimum Gasteiger partial charge on any atom is -0.363 e. The summed E-state index contributed by atoms with van der Waals surface area (Å²) in [6.45, 7) is 1.90. The molecule has 20 heavy (non-hydrogen) atoms. The Morgan fingerprint density at radius 2 is 2.00 bits per heavy atom. The van der Waals surface area contributed by atoms with E-state index in [9.17, 15) is 4.79 Å². The molecular formula is C14H14N4O2. The first kappa shape index (κ1) is 12.4. The third-order valence-corrected chi connectivity index (χ3v) is 3.38. The van der Waals surface area contributed by atoms with Crippen molar-refractivity contribution in [3.63, 3.8) is 0 Å². The molecule has 2 heterocycles. The van der Waals surface area contributed by atoms with Gasteiger partial charge in [0.25, 0.3) is 5.91 Å². The molecule has 1 aromatic heterocycles. The van der Waals surface area contributed by atoms with E-state index in [4.69, 9.17) is 15.7 Å². The summed E-state index contributed by atoms with van der Waals surface area (Å²) in [4.78, 5) is 13.0. The maximum absolute atomic E-state index is 11.0. The lowest BCUT2D eigenvalue weighted by Gasteiger charge is -2.33. The lowest BCUT2D eigenvalue weighted by atomic mass is 10.1. The van der Waals surface area contributed by atoms with E-state index < -0.39 is 5.91 Å². The number of carbonyl (C=O) groups is 1. The van der Waals surface area contributed by atoms with Gasteiger partial charge in [0, 0.05) is 30.3 Å². The quantitative estimate of drug-likeness (QED) is 0.652. The van der Waals surface area contributed by atoms with Crippen molar-refractivity contribution < 1.29 is 9.32 Å². The van der Waals surface area contributed by atoms with Crippen LogP contribution < -0.4 is 5.73 Å². The SMILES string of the molecule is N=C(c1ccc(-c2cc(C(N)=O)on2)cc1)N1CCC1. The van der Waals surface area contributed by atoms with Gasteiger partial charge in [0.05, 0.1) is 0 Å². The van der Waals surface area contributed by atoms with Crippen LogP contribution in [0.4, 0.5) is 0 Å². The average molecular weight is 270 g/mol. The molecule has 3 rings (SSSR count). The second kappa shape index (κ2) is 4.80. The minimum absolute atomic E-state index is 0.0393. The molecule has 1 aliphatic rings. The molecule has 0 radical (unpaired) electrons. The van der Waals surface area contributed by atoms with Gasteiger partial charge in [-0.3, -0.25) is 10.2 Å². The number of rotatable bonds is 3. The first-order valence-electron chi connectivity index (χ1n) is 6.36. The van der Waals surface area contributed by atoms with Gasteiger partial charge in [-0.1, -0.05) is 29.4 Å². The standard InChI is InChI=1S/C14H14N4O2/c15-13(18-6-1-7-18)10-4-2-9(3-5-10)11-8-12(14(16)19)20-17-11/h2-5,8,15H,1,6-7H2,(H2,16,19). The van der Waals surface area contributed by atoms with Gasteiger partial charge in [0.1, 0.15) is 11.5 Å². The summed E-state index contributed by atoms with van der Waals surface area (Å²) in [6, 6.07) is 8.96. The second-order valence-corrected chi connectivity index (χ2v) is 4.71. The van der Waals surface area contributed by atoms with Gasteiger partial charge in [0.2, 0.25) is 5.76 Å². The summed E-state index contributed by atoms with van der Waals surface area (Å²) in [5, 5.41) is 11.9. The number of aromatic nitrogens is 1. The number of hydrogen-bond acceptors (Lipinski definition) is 4. The molecule has 2 aromatic rings. The van der Waals surface area contributed by atoms with Crippen molar-refractivity contribution in [1.29, 1.82) is 5.41 Å². The molecule has 0 atom stereocenters. The fourth-order valence-electron chi connectivity index (χ4n) is 2.05. The first-order valence-corrected chi connectivity index (χ1v) is 6.36. The van der Waals surface area contributed by atoms with Gasteiger partial charge < -0.3 is 15.2 Å². The highest BCUT2D eigenvalue weighted by molar-refractivity contribution is 5.97. The molecule has 0 unspecified atom stereocenters. The van der Waals surface area contributed by atoms with Crippen LogP contribution in [0.5, 0.6) is 0 Å². The molecular weight excluding hydrogens is 256 g/mol. The topological polar surface area (TPSA) is 96.2 Å².